The quantitative estimate of drug-likeness (QED) is 0.138. The van der Waals surface area contributed by atoms with E-state index in [9.17, 15) is 4.79 Å². The van der Waals surface area contributed by atoms with Crippen molar-refractivity contribution >= 4 is 5.91 Å². The molecule has 5 aromatic carbocycles. The Morgan fingerprint density at radius 2 is 0.825 bits per heavy atom. The Labute approximate surface area is 368 Å². The van der Waals surface area contributed by atoms with Crippen LogP contribution in [0.25, 0.3) is 0 Å². The van der Waals surface area contributed by atoms with E-state index < -0.39 is 6.10 Å². The minimum Gasteiger partial charge on any atom is -0.489 e. The number of ether oxygens (including phenoxy) is 11. The van der Waals surface area contributed by atoms with E-state index in [2.05, 4.69) is 0 Å². The van der Waals surface area contributed by atoms with Crippen molar-refractivity contribution in [3.63, 3.8) is 0 Å². The van der Waals surface area contributed by atoms with E-state index in [1.807, 2.05) is 127 Å². The van der Waals surface area contributed by atoms with Gasteiger partial charge in [-0.2, -0.15) is 0 Å². The van der Waals surface area contributed by atoms with E-state index in [0.717, 1.165) is 5.56 Å². The summed E-state index contributed by atoms with van der Waals surface area (Å²) < 4.78 is 66.9. The smallest absolute Gasteiger partial charge is 0.272 e. The predicted molar refractivity (Wildman–Crippen MR) is 232 cm³/mol. The number of hydrogen-bond donors (Lipinski definition) is 0. The normalized spacial score (nSPS) is 16.1. The maximum Gasteiger partial charge on any atom is 0.272 e. The fourth-order valence-electron chi connectivity index (χ4n) is 6.49. The van der Waals surface area contributed by atoms with E-state index in [-0.39, 0.29) is 58.0 Å². The second kappa shape index (κ2) is 25.1. The van der Waals surface area contributed by atoms with Gasteiger partial charge < -0.3 is 52.1 Å². The van der Waals surface area contributed by atoms with Crippen LogP contribution in [0.15, 0.2) is 127 Å². The van der Waals surface area contributed by atoms with E-state index in [1.165, 1.54) is 5.06 Å². The molecule has 0 N–H and O–H groups in total. The number of rotatable bonds is 9. The molecule has 334 valence electrons. The summed E-state index contributed by atoms with van der Waals surface area (Å²) in [5.74, 6) is 3.97. The van der Waals surface area contributed by atoms with Gasteiger partial charge in [0.15, 0.2) is 46.0 Å². The van der Waals surface area contributed by atoms with Crippen molar-refractivity contribution < 1.29 is 61.7 Å². The molecule has 0 aromatic heterocycles. The Morgan fingerprint density at radius 1 is 0.460 bits per heavy atom. The van der Waals surface area contributed by atoms with Crippen LogP contribution in [0.5, 0.6) is 46.0 Å². The molecule has 7 rings (SSSR count). The monoisotopic (exact) mass is 865 g/mol. The van der Waals surface area contributed by atoms with E-state index in [0.29, 0.717) is 105 Å². The Morgan fingerprint density at radius 3 is 1.24 bits per heavy atom. The number of amides is 1. The topological polar surface area (TPSA) is 131 Å². The van der Waals surface area contributed by atoms with Crippen LogP contribution in [0.1, 0.15) is 12.0 Å². The molecule has 0 fully saturated rings. The maximum atomic E-state index is 14.2. The van der Waals surface area contributed by atoms with E-state index in [4.69, 9.17) is 56.9 Å². The second-order valence-electron chi connectivity index (χ2n) is 14.5. The molecule has 1 amide bonds. The van der Waals surface area contributed by atoms with Crippen molar-refractivity contribution in [3.8, 4) is 46.0 Å². The van der Waals surface area contributed by atoms with Gasteiger partial charge in [-0.25, -0.2) is 5.06 Å². The number of benzene rings is 5. The highest BCUT2D eigenvalue weighted by Gasteiger charge is 2.24. The molecular weight excluding hydrogens is 811 g/mol. The molecule has 14 heteroatoms. The highest BCUT2D eigenvalue weighted by atomic mass is 16.7. The van der Waals surface area contributed by atoms with Gasteiger partial charge in [0.25, 0.3) is 5.91 Å². The third kappa shape index (κ3) is 14.7. The third-order valence-corrected chi connectivity index (χ3v) is 9.83. The summed E-state index contributed by atoms with van der Waals surface area (Å²) in [6, 6.07) is 39.4. The zero-order valence-electron chi connectivity index (χ0n) is 35.3. The molecule has 2 heterocycles. The molecule has 0 saturated carbocycles. The van der Waals surface area contributed by atoms with Crippen LogP contribution in [-0.4, -0.2) is 110 Å². The molecule has 14 nitrogen and oxygen atoms in total. The van der Waals surface area contributed by atoms with Crippen LogP contribution in [-0.2, 0) is 30.4 Å². The second-order valence-corrected chi connectivity index (χ2v) is 14.5. The minimum atomic E-state index is -0.687. The van der Waals surface area contributed by atoms with Crippen LogP contribution >= 0.6 is 0 Å². The van der Waals surface area contributed by atoms with Crippen LogP contribution in [0.2, 0.25) is 0 Å². The highest BCUT2D eigenvalue weighted by molar-refractivity contribution is 5.76. The molecule has 0 spiro atoms. The molecule has 0 bridgehead atoms. The van der Waals surface area contributed by atoms with Crippen molar-refractivity contribution in [2.75, 3.05) is 92.4 Å². The zero-order chi connectivity index (χ0) is 43.2. The first-order valence-electron chi connectivity index (χ1n) is 21.3. The summed E-state index contributed by atoms with van der Waals surface area (Å²) in [7, 11) is 0. The molecule has 5 aromatic rings. The molecule has 63 heavy (non-hydrogen) atoms. The molecule has 2 aliphatic rings. The lowest BCUT2D eigenvalue weighted by molar-refractivity contribution is -0.199. The molecule has 0 unspecified atom stereocenters. The number of para-hydroxylation sites is 8. The number of carbonyl (C=O) groups is 1. The van der Waals surface area contributed by atoms with Gasteiger partial charge in [0.2, 0.25) is 0 Å². The lowest BCUT2D eigenvalue weighted by atomic mass is 10.1. The Kier molecular flexibility index (Phi) is 17.8. The fraction of sp³-hybridized carbons (Fsp3) is 0.367. The van der Waals surface area contributed by atoms with Crippen molar-refractivity contribution in [1.82, 2.24) is 5.06 Å². The Bertz CT molecular complexity index is 1990. The van der Waals surface area contributed by atoms with Crippen LogP contribution in [0.3, 0.4) is 0 Å². The average Bonchev–Trinajstić information content (AvgIpc) is 3.32. The van der Waals surface area contributed by atoms with Gasteiger partial charge in [-0.3, -0.25) is 9.63 Å². The summed E-state index contributed by atoms with van der Waals surface area (Å²) in [6.07, 6.45) is -0.234. The summed E-state index contributed by atoms with van der Waals surface area (Å²) in [5, 5.41) is 1.35. The third-order valence-electron chi connectivity index (χ3n) is 9.83. The standard InChI is InChI=1S/C49H55NO13/c51-49(37-58-40-35-61-47-20-10-6-16-43(47)56-30-26-53-27-31-57-44-17-7-11-21-48(44)62-36-40)50(63-34-38-12-2-1-3-13-38)23-22-39-32-59-45-18-8-4-14-41(45)54-28-24-52-25-29-55-42-15-5-9-19-46(42)60-33-39/h1-21,39-40H,22-37H2. The number of hydroxylamine groups is 2. The van der Waals surface area contributed by atoms with E-state index >= 15 is 0 Å². The molecule has 0 saturated heterocycles. The van der Waals surface area contributed by atoms with Crippen molar-refractivity contribution in [2.24, 2.45) is 5.92 Å². The van der Waals surface area contributed by atoms with Crippen LogP contribution in [0.4, 0.5) is 0 Å². The largest absolute Gasteiger partial charge is 0.489 e. The van der Waals surface area contributed by atoms with Crippen molar-refractivity contribution in [3.05, 3.63) is 133 Å². The number of fused-ring (bicyclic) bond motifs is 4. The SMILES string of the molecule is O=C(COC1COc2ccccc2OCCOCCOc2ccccc2OC1)N(CCC1COc2ccccc2OCCOCCOc2ccccc2OC1)OCc1ccccc1. The number of carbonyl (C=O) groups excluding carboxylic acids is 1. The minimum absolute atomic E-state index is 0.0538. The number of hydrogen-bond acceptors (Lipinski definition) is 13. The lowest BCUT2D eigenvalue weighted by Gasteiger charge is -2.26. The van der Waals surface area contributed by atoms with E-state index in [1.54, 1.807) is 0 Å². The van der Waals surface area contributed by atoms with Gasteiger partial charge in [0.1, 0.15) is 59.0 Å². The molecular formula is C49H55NO13. The number of nitrogens with zero attached hydrogens (tertiary/aromatic N) is 1. The summed E-state index contributed by atoms with van der Waals surface area (Å²) in [6.45, 7) is 3.54. The zero-order valence-corrected chi connectivity index (χ0v) is 35.3. The van der Waals surface area contributed by atoms with Gasteiger partial charge in [-0.15, -0.1) is 0 Å². The van der Waals surface area contributed by atoms with Gasteiger partial charge in [-0.1, -0.05) is 78.9 Å². The fourth-order valence-corrected chi connectivity index (χ4v) is 6.49. The first-order chi connectivity index (χ1) is 31.2. The molecule has 2 aliphatic heterocycles. The van der Waals surface area contributed by atoms with Crippen LogP contribution < -0.4 is 37.9 Å². The first-order valence-corrected chi connectivity index (χ1v) is 21.3. The van der Waals surface area contributed by atoms with Gasteiger partial charge in [0, 0.05) is 12.5 Å². The average molecular weight is 866 g/mol. The molecule has 0 radical (unpaired) electrons. The van der Waals surface area contributed by atoms with Gasteiger partial charge in [0.05, 0.1) is 39.6 Å². The molecule has 0 atom stereocenters. The van der Waals surface area contributed by atoms with Crippen LogP contribution in [0, 0.1) is 5.92 Å². The maximum absolute atomic E-state index is 14.2. The Balaban J connectivity index is 1.07. The highest BCUT2D eigenvalue weighted by Crippen LogP contribution is 2.31. The summed E-state index contributed by atoms with van der Waals surface area (Å²) in [4.78, 5) is 20.5. The van der Waals surface area contributed by atoms with Gasteiger partial charge in [-0.05, 0) is 60.5 Å². The molecule has 0 aliphatic carbocycles. The van der Waals surface area contributed by atoms with Gasteiger partial charge >= 0.3 is 0 Å². The summed E-state index contributed by atoms with van der Waals surface area (Å²) in [5.41, 5.74) is 0.902. The van der Waals surface area contributed by atoms with Crippen molar-refractivity contribution in [2.45, 2.75) is 19.1 Å². The van der Waals surface area contributed by atoms with Crippen molar-refractivity contribution in [1.29, 1.82) is 0 Å². The predicted octanol–water partition coefficient (Wildman–Crippen LogP) is 7.23. The Hall–Kier alpha value is -6.19. The summed E-state index contributed by atoms with van der Waals surface area (Å²) >= 11 is 0. The first kappa shape index (κ1) is 44.9. The lowest BCUT2D eigenvalue weighted by Crippen LogP contribution is -2.39.